The van der Waals surface area contributed by atoms with Gasteiger partial charge in [-0.05, 0) is 18.6 Å². The van der Waals surface area contributed by atoms with Crippen LogP contribution in [0.15, 0.2) is 35.7 Å². The molecule has 2 rings (SSSR count). The molecule has 0 aliphatic heterocycles. The molecule has 0 aliphatic carbocycles. The summed E-state index contributed by atoms with van der Waals surface area (Å²) in [6, 6.07) is 10.3. The second kappa shape index (κ2) is 5.80. The van der Waals surface area contributed by atoms with Gasteiger partial charge < -0.3 is 11.1 Å². The second-order valence-electron chi connectivity index (χ2n) is 4.26. The van der Waals surface area contributed by atoms with E-state index >= 15 is 0 Å². The molecule has 3 nitrogen and oxygen atoms in total. The van der Waals surface area contributed by atoms with Gasteiger partial charge in [-0.25, -0.2) is 0 Å². The fourth-order valence-corrected chi connectivity index (χ4v) is 2.60. The molecule has 2 aromatic rings. The Labute approximate surface area is 111 Å². The first-order chi connectivity index (χ1) is 8.65. The first-order valence-corrected chi connectivity index (χ1v) is 6.66. The molecule has 0 unspecified atom stereocenters. The molecule has 0 aliphatic rings. The van der Waals surface area contributed by atoms with E-state index in [1.165, 1.54) is 11.1 Å². The smallest absolute Gasteiger partial charge is 0.249 e. The molecule has 1 amide bonds. The average Bonchev–Trinajstić information content (AvgIpc) is 2.78. The highest BCUT2D eigenvalue weighted by atomic mass is 32.1. The summed E-state index contributed by atoms with van der Waals surface area (Å²) in [6.45, 7) is 3.67. The van der Waals surface area contributed by atoms with Crippen molar-refractivity contribution in [2.45, 2.75) is 20.0 Å². The van der Waals surface area contributed by atoms with Crippen LogP contribution in [0.1, 0.15) is 26.4 Å². The van der Waals surface area contributed by atoms with Gasteiger partial charge in [0, 0.05) is 23.3 Å². The molecule has 0 saturated carbocycles. The Morgan fingerprint density at radius 2 is 2.17 bits per heavy atom. The van der Waals surface area contributed by atoms with Gasteiger partial charge >= 0.3 is 0 Å². The Bertz CT molecular complexity index is 548. The Morgan fingerprint density at radius 3 is 2.83 bits per heavy atom. The zero-order valence-corrected chi connectivity index (χ0v) is 11.1. The summed E-state index contributed by atoms with van der Waals surface area (Å²) in [7, 11) is 0. The van der Waals surface area contributed by atoms with Crippen molar-refractivity contribution < 1.29 is 4.79 Å². The summed E-state index contributed by atoms with van der Waals surface area (Å²) in [5.74, 6) is -0.365. The number of nitrogens with one attached hydrogen (secondary N) is 1. The molecule has 0 fully saturated rings. The molecule has 0 saturated heterocycles. The number of aryl methyl sites for hydroxylation is 1. The number of hydrogen-bond acceptors (Lipinski definition) is 3. The summed E-state index contributed by atoms with van der Waals surface area (Å²) in [5, 5.41) is 5.15. The highest BCUT2D eigenvalue weighted by Crippen LogP contribution is 2.14. The van der Waals surface area contributed by atoms with Crippen LogP contribution in [0.5, 0.6) is 0 Å². The van der Waals surface area contributed by atoms with Crippen molar-refractivity contribution in [1.82, 2.24) is 5.32 Å². The van der Waals surface area contributed by atoms with E-state index in [-0.39, 0.29) is 5.91 Å². The van der Waals surface area contributed by atoms with Crippen LogP contribution in [0.25, 0.3) is 0 Å². The maximum absolute atomic E-state index is 11.0. The molecule has 1 aromatic carbocycles. The Morgan fingerprint density at radius 1 is 1.33 bits per heavy atom. The molecular formula is C14H16N2OS. The summed E-state index contributed by atoms with van der Waals surface area (Å²) in [4.78, 5) is 12.1. The van der Waals surface area contributed by atoms with E-state index in [1.54, 1.807) is 16.7 Å². The number of amides is 1. The van der Waals surface area contributed by atoms with E-state index in [1.807, 2.05) is 6.07 Å². The van der Waals surface area contributed by atoms with Crippen molar-refractivity contribution in [2.75, 3.05) is 0 Å². The molecular weight excluding hydrogens is 244 g/mol. The van der Waals surface area contributed by atoms with Crippen LogP contribution in [-0.4, -0.2) is 5.91 Å². The quantitative estimate of drug-likeness (QED) is 0.867. The van der Waals surface area contributed by atoms with Crippen molar-refractivity contribution in [3.63, 3.8) is 0 Å². The van der Waals surface area contributed by atoms with Crippen LogP contribution in [0.3, 0.4) is 0 Å². The molecule has 18 heavy (non-hydrogen) atoms. The van der Waals surface area contributed by atoms with Gasteiger partial charge in [0.25, 0.3) is 0 Å². The van der Waals surface area contributed by atoms with Gasteiger partial charge in [0.15, 0.2) is 0 Å². The van der Waals surface area contributed by atoms with E-state index in [4.69, 9.17) is 5.73 Å². The number of nitrogens with two attached hydrogens (primary N) is 1. The van der Waals surface area contributed by atoms with Crippen LogP contribution in [0.2, 0.25) is 0 Å². The topological polar surface area (TPSA) is 55.1 Å². The molecule has 1 aromatic heterocycles. The number of primary amides is 1. The van der Waals surface area contributed by atoms with Gasteiger partial charge in [0.05, 0.1) is 5.56 Å². The Hall–Kier alpha value is -1.65. The molecule has 0 spiro atoms. The van der Waals surface area contributed by atoms with Crippen molar-refractivity contribution in [3.8, 4) is 0 Å². The lowest BCUT2D eigenvalue weighted by Crippen LogP contribution is -2.12. The highest BCUT2D eigenvalue weighted by Gasteiger charge is 2.04. The lowest BCUT2D eigenvalue weighted by atomic mass is 10.1. The first kappa shape index (κ1) is 12.8. The third-order valence-electron chi connectivity index (χ3n) is 2.65. The standard InChI is InChI=1S/C14H16N2OS/c1-10-3-2-4-11(5-10)7-16-8-13-6-12(9-18-13)14(15)17/h2-6,9,16H,7-8H2,1H3,(H2,15,17). The number of rotatable bonds is 5. The molecule has 94 valence electrons. The monoisotopic (exact) mass is 260 g/mol. The zero-order chi connectivity index (χ0) is 13.0. The number of hydrogen-bond donors (Lipinski definition) is 2. The van der Waals surface area contributed by atoms with E-state index in [0.29, 0.717) is 5.56 Å². The lowest BCUT2D eigenvalue weighted by Gasteiger charge is -2.04. The first-order valence-electron chi connectivity index (χ1n) is 5.78. The minimum Gasteiger partial charge on any atom is -0.366 e. The minimum atomic E-state index is -0.365. The summed E-state index contributed by atoms with van der Waals surface area (Å²) < 4.78 is 0. The van der Waals surface area contributed by atoms with Crippen LogP contribution < -0.4 is 11.1 Å². The van der Waals surface area contributed by atoms with Crippen LogP contribution in [0.4, 0.5) is 0 Å². The van der Waals surface area contributed by atoms with Crippen molar-refractivity contribution in [2.24, 2.45) is 5.73 Å². The molecule has 3 N–H and O–H groups in total. The van der Waals surface area contributed by atoms with Crippen molar-refractivity contribution in [3.05, 3.63) is 57.3 Å². The summed E-state index contributed by atoms with van der Waals surface area (Å²) in [5.41, 5.74) is 8.33. The van der Waals surface area contributed by atoms with Crippen LogP contribution in [0, 0.1) is 6.92 Å². The number of carbonyl (C=O) groups is 1. The number of carbonyl (C=O) groups excluding carboxylic acids is 1. The molecule has 0 atom stereocenters. The van der Waals surface area contributed by atoms with Gasteiger partial charge in [-0.2, -0.15) is 0 Å². The van der Waals surface area contributed by atoms with Crippen LogP contribution >= 0.6 is 11.3 Å². The van der Waals surface area contributed by atoms with E-state index in [9.17, 15) is 4.79 Å². The minimum absolute atomic E-state index is 0.365. The van der Waals surface area contributed by atoms with Gasteiger partial charge in [0.1, 0.15) is 0 Å². The fraction of sp³-hybridized carbons (Fsp3) is 0.214. The third kappa shape index (κ3) is 3.42. The maximum atomic E-state index is 11.0. The van der Waals surface area contributed by atoms with Crippen molar-refractivity contribution >= 4 is 17.2 Å². The normalized spacial score (nSPS) is 10.5. The predicted octanol–water partition coefficient (Wildman–Crippen LogP) is 2.45. The van der Waals surface area contributed by atoms with Gasteiger partial charge in [-0.3, -0.25) is 4.79 Å². The Balaban J connectivity index is 1.86. The average molecular weight is 260 g/mol. The fourth-order valence-electron chi connectivity index (χ4n) is 1.75. The number of thiophene rings is 1. The third-order valence-corrected chi connectivity index (χ3v) is 3.59. The molecule has 4 heteroatoms. The SMILES string of the molecule is Cc1cccc(CNCc2cc(C(N)=O)cs2)c1. The summed E-state index contributed by atoms with van der Waals surface area (Å²) >= 11 is 1.55. The van der Waals surface area contributed by atoms with E-state index < -0.39 is 0 Å². The predicted molar refractivity (Wildman–Crippen MR) is 74.6 cm³/mol. The van der Waals surface area contributed by atoms with E-state index in [2.05, 4.69) is 36.5 Å². The van der Waals surface area contributed by atoms with Gasteiger partial charge in [-0.1, -0.05) is 29.8 Å². The molecule has 0 bridgehead atoms. The molecule has 1 heterocycles. The van der Waals surface area contributed by atoms with Gasteiger partial charge in [0.2, 0.25) is 5.91 Å². The highest BCUT2D eigenvalue weighted by molar-refractivity contribution is 7.10. The van der Waals surface area contributed by atoms with Crippen molar-refractivity contribution in [1.29, 1.82) is 0 Å². The zero-order valence-electron chi connectivity index (χ0n) is 10.3. The lowest BCUT2D eigenvalue weighted by molar-refractivity contribution is 0.100. The largest absolute Gasteiger partial charge is 0.366 e. The number of benzene rings is 1. The summed E-state index contributed by atoms with van der Waals surface area (Å²) in [6.07, 6.45) is 0. The molecule has 0 radical (unpaired) electrons. The van der Waals surface area contributed by atoms with E-state index in [0.717, 1.165) is 18.0 Å². The van der Waals surface area contributed by atoms with Gasteiger partial charge in [-0.15, -0.1) is 11.3 Å². The maximum Gasteiger partial charge on any atom is 0.249 e. The Kier molecular flexibility index (Phi) is 4.12. The second-order valence-corrected chi connectivity index (χ2v) is 5.25. The van der Waals surface area contributed by atoms with Crippen LogP contribution in [-0.2, 0) is 13.1 Å².